The molecule has 15 heavy (non-hydrogen) atoms. The molecule has 1 heterocycles. The minimum atomic E-state index is -0.192. The largest absolute Gasteiger partial charge is 0.467 e. The molecule has 0 aromatic carbocycles. The highest BCUT2D eigenvalue weighted by atomic mass is 16.5. The summed E-state index contributed by atoms with van der Waals surface area (Å²) in [6.45, 7) is 1.67. The van der Waals surface area contributed by atoms with Crippen LogP contribution in [-0.4, -0.2) is 26.3 Å². The van der Waals surface area contributed by atoms with Crippen LogP contribution in [0.15, 0.2) is 22.8 Å². The summed E-state index contributed by atoms with van der Waals surface area (Å²) >= 11 is 0. The maximum absolute atomic E-state index is 11.2. The van der Waals surface area contributed by atoms with Gasteiger partial charge in [-0.05, 0) is 18.6 Å². The van der Waals surface area contributed by atoms with Crippen LogP contribution in [-0.2, 0) is 11.3 Å². The van der Waals surface area contributed by atoms with E-state index in [0.717, 1.165) is 12.2 Å². The Morgan fingerprint density at radius 3 is 3.07 bits per heavy atom. The number of nitrogens with one attached hydrogen (secondary N) is 2. The van der Waals surface area contributed by atoms with Gasteiger partial charge in [0.15, 0.2) is 0 Å². The molecular weight excluding hydrogens is 196 g/mol. The number of amides is 2. The lowest BCUT2D eigenvalue weighted by Gasteiger charge is -2.05. The third kappa shape index (κ3) is 5.07. The number of methoxy groups -OCH3 is 1. The van der Waals surface area contributed by atoms with Gasteiger partial charge in [0.25, 0.3) is 0 Å². The molecule has 0 aliphatic heterocycles. The fourth-order valence-corrected chi connectivity index (χ4v) is 1.06. The SMILES string of the molecule is COCCCNC(=O)NCc1ccco1. The molecular formula is C10H16N2O3. The summed E-state index contributed by atoms with van der Waals surface area (Å²) in [7, 11) is 1.64. The van der Waals surface area contributed by atoms with Crippen LogP contribution in [0, 0.1) is 0 Å². The summed E-state index contributed by atoms with van der Waals surface area (Å²) in [4.78, 5) is 11.2. The van der Waals surface area contributed by atoms with Crippen molar-refractivity contribution in [2.45, 2.75) is 13.0 Å². The zero-order chi connectivity index (χ0) is 10.9. The summed E-state index contributed by atoms with van der Waals surface area (Å²) in [5.41, 5.74) is 0. The molecule has 0 radical (unpaired) electrons. The molecule has 0 saturated heterocycles. The molecule has 1 aromatic heterocycles. The maximum Gasteiger partial charge on any atom is 0.315 e. The monoisotopic (exact) mass is 212 g/mol. The van der Waals surface area contributed by atoms with Crippen molar-refractivity contribution in [3.63, 3.8) is 0 Å². The fourth-order valence-electron chi connectivity index (χ4n) is 1.06. The van der Waals surface area contributed by atoms with Gasteiger partial charge in [0.05, 0.1) is 12.8 Å². The van der Waals surface area contributed by atoms with E-state index in [1.165, 1.54) is 0 Å². The van der Waals surface area contributed by atoms with Gasteiger partial charge < -0.3 is 19.8 Å². The van der Waals surface area contributed by atoms with E-state index in [4.69, 9.17) is 9.15 Å². The number of furan rings is 1. The van der Waals surface area contributed by atoms with Crippen LogP contribution >= 0.6 is 0 Å². The number of rotatable bonds is 6. The second-order valence-corrected chi connectivity index (χ2v) is 3.04. The van der Waals surface area contributed by atoms with E-state index in [2.05, 4.69) is 10.6 Å². The Labute approximate surface area is 88.8 Å². The Bertz CT molecular complexity index is 272. The lowest BCUT2D eigenvalue weighted by Crippen LogP contribution is -2.35. The Hall–Kier alpha value is -1.49. The third-order valence-corrected chi connectivity index (χ3v) is 1.81. The molecule has 84 valence electrons. The summed E-state index contributed by atoms with van der Waals surface area (Å²) < 4.78 is 9.92. The second-order valence-electron chi connectivity index (χ2n) is 3.04. The molecule has 0 aliphatic carbocycles. The van der Waals surface area contributed by atoms with E-state index < -0.39 is 0 Å². The van der Waals surface area contributed by atoms with E-state index in [0.29, 0.717) is 19.7 Å². The number of hydrogen-bond donors (Lipinski definition) is 2. The van der Waals surface area contributed by atoms with Crippen molar-refractivity contribution in [2.24, 2.45) is 0 Å². The predicted molar refractivity (Wildman–Crippen MR) is 55.4 cm³/mol. The summed E-state index contributed by atoms with van der Waals surface area (Å²) in [6, 6.07) is 3.40. The standard InChI is InChI=1S/C10H16N2O3/c1-14-6-3-5-11-10(13)12-8-9-4-2-7-15-9/h2,4,7H,3,5-6,8H2,1H3,(H2,11,12,13). The fraction of sp³-hybridized carbons (Fsp3) is 0.500. The molecule has 0 fully saturated rings. The van der Waals surface area contributed by atoms with Gasteiger partial charge >= 0.3 is 6.03 Å². The Kier molecular flexibility index (Phi) is 5.32. The minimum absolute atomic E-state index is 0.192. The van der Waals surface area contributed by atoms with Crippen molar-refractivity contribution < 1.29 is 13.9 Å². The quantitative estimate of drug-likeness (QED) is 0.694. The molecule has 5 nitrogen and oxygen atoms in total. The van der Waals surface area contributed by atoms with E-state index in [-0.39, 0.29) is 6.03 Å². The first-order valence-corrected chi connectivity index (χ1v) is 4.86. The van der Waals surface area contributed by atoms with E-state index >= 15 is 0 Å². The molecule has 0 spiro atoms. The first-order valence-electron chi connectivity index (χ1n) is 4.86. The first-order chi connectivity index (χ1) is 7.33. The molecule has 0 aliphatic rings. The Balaban J connectivity index is 2.04. The normalized spacial score (nSPS) is 9.93. The topological polar surface area (TPSA) is 63.5 Å². The summed E-state index contributed by atoms with van der Waals surface area (Å²) in [5, 5.41) is 5.39. The lowest BCUT2D eigenvalue weighted by atomic mass is 10.4. The maximum atomic E-state index is 11.2. The Morgan fingerprint density at radius 1 is 1.53 bits per heavy atom. The number of urea groups is 1. The van der Waals surface area contributed by atoms with Crippen LogP contribution < -0.4 is 10.6 Å². The summed E-state index contributed by atoms with van der Waals surface area (Å²) in [5.74, 6) is 0.738. The van der Waals surface area contributed by atoms with Crippen LogP contribution in [0.3, 0.4) is 0 Å². The molecule has 0 unspecified atom stereocenters. The highest BCUT2D eigenvalue weighted by Crippen LogP contribution is 1.97. The van der Waals surface area contributed by atoms with Gasteiger partial charge in [0.2, 0.25) is 0 Å². The first kappa shape index (κ1) is 11.6. The highest BCUT2D eigenvalue weighted by Gasteiger charge is 2.00. The second kappa shape index (κ2) is 6.89. The van der Waals surface area contributed by atoms with Crippen molar-refractivity contribution in [3.05, 3.63) is 24.2 Å². The van der Waals surface area contributed by atoms with Gasteiger partial charge in [-0.3, -0.25) is 0 Å². The average Bonchev–Trinajstić information content (AvgIpc) is 2.74. The molecule has 1 rings (SSSR count). The molecule has 1 aromatic rings. The number of carbonyl (C=O) groups excluding carboxylic acids is 1. The van der Waals surface area contributed by atoms with Crippen molar-refractivity contribution in [3.8, 4) is 0 Å². The van der Waals surface area contributed by atoms with Crippen LogP contribution in [0.2, 0.25) is 0 Å². The van der Waals surface area contributed by atoms with Gasteiger partial charge in [-0.2, -0.15) is 0 Å². The van der Waals surface area contributed by atoms with Crippen LogP contribution in [0.1, 0.15) is 12.2 Å². The zero-order valence-electron chi connectivity index (χ0n) is 8.79. The van der Waals surface area contributed by atoms with E-state index in [9.17, 15) is 4.79 Å². The van der Waals surface area contributed by atoms with Gasteiger partial charge in [-0.15, -0.1) is 0 Å². The van der Waals surface area contributed by atoms with Gasteiger partial charge in [-0.1, -0.05) is 0 Å². The van der Waals surface area contributed by atoms with Crippen LogP contribution in [0.25, 0.3) is 0 Å². The third-order valence-electron chi connectivity index (χ3n) is 1.81. The van der Waals surface area contributed by atoms with E-state index in [1.54, 1.807) is 19.4 Å². The molecule has 2 amide bonds. The van der Waals surface area contributed by atoms with Crippen molar-refractivity contribution >= 4 is 6.03 Å². The van der Waals surface area contributed by atoms with Crippen LogP contribution in [0.4, 0.5) is 4.79 Å². The smallest absolute Gasteiger partial charge is 0.315 e. The van der Waals surface area contributed by atoms with Crippen molar-refractivity contribution in [1.29, 1.82) is 0 Å². The highest BCUT2D eigenvalue weighted by molar-refractivity contribution is 5.73. The molecule has 0 bridgehead atoms. The van der Waals surface area contributed by atoms with Crippen molar-refractivity contribution in [1.82, 2.24) is 10.6 Å². The number of ether oxygens (including phenoxy) is 1. The van der Waals surface area contributed by atoms with Gasteiger partial charge in [-0.25, -0.2) is 4.79 Å². The number of carbonyl (C=O) groups is 1. The number of hydrogen-bond acceptors (Lipinski definition) is 3. The average molecular weight is 212 g/mol. The van der Waals surface area contributed by atoms with Gasteiger partial charge in [0.1, 0.15) is 5.76 Å². The minimum Gasteiger partial charge on any atom is -0.467 e. The lowest BCUT2D eigenvalue weighted by molar-refractivity contribution is 0.193. The zero-order valence-corrected chi connectivity index (χ0v) is 8.79. The Morgan fingerprint density at radius 2 is 2.40 bits per heavy atom. The predicted octanol–water partition coefficient (Wildman–Crippen LogP) is 1.12. The molecule has 0 saturated carbocycles. The molecule has 5 heteroatoms. The van der Waals surface area contributed by atoms with Gasteiger partial charge in [0, 0.05) is 20.3 Å². The molecule has 2 N–H and O–H groups in total. The van der Waals surface area contributed by atoms with E-state index in [1.807, 2.05) is 6.07 Å². The van der Waals surface area contributed by atoms with Crippen LogP contribution in [0.5, 0.6) is 0 Å². The molecule has 0 atom stereocenters. The summed E-state index contributed by atoms with van der Waals surface area (Å²) in [6.07, 6.45) is 2.39. The van der Waals surface area contributed by atoms with Crippen molar-refractivity contribution in [2.75, 3.05) is 20.3 Å².